The maximum Gasteiger partial charge on any atom is 0.261 e. The van der Waals surface area contributed by atoms with Crippen LogP contribution in [0.4, 0.5) is 0 Å². The number of allylic oxidation sites excluding steroid dienone is 6. The van der Waals surface area contributed by atoms with Crippen molar-refractivity contribution in [3.63, 3.8) is 0 Å². The van der Waals surface area contributed by atoms with Gasteiger partial charge in [-0.25, -0.2) is 0 Å². The molecule has 4 heterocycles. The zero-order valence-corrected chi connectivity index (χ0v) is 58.1. The largest absolute Gasteiger partial charge is 0.307 e. The molecule has 6 aromatic carbocycles. The van der Waals surface area contributed by atoms with Gasteiger partial charge in [0.1, 0.15) is 0 Å². The lowest BCUT2D eigenvalue weighted by atomic mass is 9.96. The molecular formula is C90H96N4O4. The molecule has 1 atom stereocenters. The molecule has 0 N–H and O–H groups in total. The topological polar surface area (TPSA) is 81.2 Å². The van der Waals surface area contributed by atoms with Crippen molar-refractivity contribution in [2.45, 2.75) is 137 Å². The third-order valence-electron chi connectivity index (χ3n) is 19.5. The van der Waals surface area contributed by atoms with Gasteiger partial charge in [-0.1, -0.05) is 336 Å². The van der Waals surface area contributed by atoms with Crippen molar-refractivity contribution in [1.82, 2.24) is 19.6 Å². The molecular weight excluding hydrogens is 1200 g/mol. The van der Waals surface area contributed by atoms with E-state index < -0.39 is 0 Å². The molecule has 500 valence electrons. The highest BCUT2D eigenvalue weighted by Gasteiger charge is 2.50. The van der Waals surface area contributed by atoms with Gasteiger partial charge in [0.25, 0.3) is 23.6 Å². The van der Waals surface area contributed by atoms with Crippen molar-refractivity contribution < 1.29 is 19.2 Å². The van der Waals surface area contributed by atoms with E-state index in [1.165, 1.54) is 5.57 Å². The van der Waals surface area contributed by atoms with Crippen LogP contribution in [0, 0.1) is 5.92 Å². The lowest BCUT2D eigenvalue weighted by Gasteiger charge is -2.25. The molecule has 0 saturated carbocycles. The second-order valence-electron chi connectivity index (χ2n) is 26.5. The van der Waals surface area contributed by atoms with Crippen molar-refractivity contribution in [3.8, 4) is 0 Å². The van der Waals surface area contributed by atoms with Crippen LogP contribution in [0.2, 0.25) is 0 Å². The van der Waals surface area contributed by atoms with Gasteiger partial charge in [0.15, 0.2) is 0 Å². The summed E-state index contributed by atoms with van der Waals surface area (Å²) in [5, 5.41) is 0. The van der Waals surface area contributed by atoms with Crippen LogP contribution < -0.4 is 0 Å². The summed E-state index contributed by atoms with van der Waals surface area (Å²) in [6.45, 7) is 18.8. The summed E-state index contributed by atoms with van der Waals surface area (Å²) >= 11 is 0. The molecule has 0 saturated heterocycles. The minimum Gasteiger partial charge on any atom is -0.307 e. The Kier molecular flexibility index (Phi) is 24.0. The Morgan fingerprint density at radius 1 is 0.327 bits per heavy atom. The van der Waals surface area contributed by atoms with Gasteiger partial charge in [0, 0.05) is 26.2 Å². The highest BCUT2D eigenvalue weighted by Crippen LogP contribution is 2.49. The second kappa shape index (κ2) is 33.8. The first-order chi connectivity index (χ1) is 48.0. The Bertz CT molecular complexity index is 4200. The summed E-state index contributed by atoms with van der Waals surface area (Å²) in [6.07, 6.45) is 44.4. The van der Waals surface area contributed by atoms with Gasteiger partial charge < -0.3 is 19.6 Å². The van der Waals surface area contributed by atoms with E-state index in [0.29, 0.717) is 71.5 Å². The maximum absolute atomic E-state index is 15.0. The van der Waals surface area contributed by atoms with E-state index in [-0.39, 0.29) is 23.6 Å². The van der Waals surface area contributed by atoms with Gasteiger partial charge in [0.2, 0.25) is 0 Å². The molecule has 0 spiro atoms. The zero-order valence-electron chi connectivity index (χ0n) is 58.1. The standard InChI is InChI=1S/C90H96N4O4/c1-7-13-17-21-61-91-83(75-53-45-71(46-54-75)41-37-67-29-25-65(11-5)26-30-67)79-81(89(91)97)85(93(87(79)95)63-23-19-15-9-3)77-57-49-73(50-58-77)43-39-69-33-35-70(36-34-69)40-44-74-51-59-78(60-52-74)86-82-80(88(96)94(86)64-24-20-16-10-4)84(92(90(82)98)62-22-18-14-8-2)76-55-47-72(48-56-76)42-38-68-31-27-66(12-6)28-32-68/h11-12,25-27,29-60,66H,5-10,13-24,28,61-64H2,1-4H3/b41-37+,42-38+,43-39+,44-40+. The minimum atomic E-state index is -0.0987. The Morgan fingerprint density at radius 3 is 0.796 bits per heavy atom. The summed E-state index contributed by atoms with van der Waals surface area (Å²) < 4.78 is 0. The van der Waals surface area contributed by atoms with Crippen LogP contribution in [0.5, 0.6) is 0 Å². The number of hydrogen-bond acceptors (Lipinski definition) is 4. The first-order valence-electron chi connectivity index (χ1n) is 36.3. The summed E-state index contributed by atoms with van der Waals surface area (Å²) in [5.41, 5.74) is 17.9. The number of carbonyl (C=O) groups excluding carboxylic acids is 4. The van der Waals surface area contributed by atoms with Gasteiger partial charge in [-0.3, -0.25) is 19.2 Å². The fourth-order valence-electron chi connectivity index (χ4n) is 13.8. The number of amides is 4. The van der Waals surface area contributed by atoms with Crippen molar-refractivity contribution in [2.24, 2.45) is 5.92 Å². The number of unbranched alkanes of at least 4 members (excludes halogenated alkanes) is 12. The van der Waals surface area contributed by atoms with Gasteiger partial charge in [-0.15, -0.1) is 6.58 Å². The molecule has 5 aliphatic rings. The maximum atomic E-state index is 15.0. The number of carbonyl (C=O) groups is 4. The minimum absolute atomic E-state index is 0.0940. The summed E-state index contributed by atoms with van der Waals surface area (Å²) in [7, 11) is 0. The summed E-state index contributed by atoms with van der Waals surface area (Å²) in [5.74, 6) is -0.0129. The fraction of sp³-hybridized carbons (Fsp3) is 0.289. The highest BCUT2D eigenvalue weighted by molar-refractivity contribution is 6.31. The molecule has 0 radical (unpaired) electrons. The predicted octanol–water partition coefficient (Wildman–Crippen LogP) is 21.5. The molecule has 11 rings (SSSR count). The van der Waals surface area contributed by atoms with Crippen LogP contribution in [0.3, 0.4) is 0 Å². The molecule has 4 aliphatic heterocycles. The highest BCUT2D eigenvalue weighted by atomic mass is 16.2. The Morgan fingerprint density at radius 2 is 0.571 bits per heavy atom. The fourth-order valence-corrected chi connectivity index (χ4v) is 13.8. The van der Waals surface area contributed by atoms with E-state index in [2.05, 4.69) is 253 Å². The third-order valence-corrected chi connectivity index (χ3v) is 19.5. The number of nitrogens with zero attached hydrogens (tertiary/aromatic N) is 4. The van der Waals surface area contributed by atoms with Crippen LogP contribution in [0.15, 0.2) is 217 Å². The molecule has 98 heavy (non-hydrogen) atoms. The lowest BCUT2D eigenvalue weighted by Crippen LogP contribution is -2.31. The van der Waals surface area contributed by atoms with Gasteiger partial charge >= 0.3 is 0 Å². The van der Waals surface area contributed by atoms with Gasteiger partial charge in [-0.05, 0) is 110 Å². The van der Waals surface area contributed by atoms with E-state index in [1.807, 2.05) is 31.8 Å². The number of hydrogen-bond donors (Lipinski definition) is 0. The Hall–Kier alpha value is -9.92. The average molecular weight is 1300 g/mol. The van der Waals surface area contributed by atoms with E-state index in [0.717, 1.165) is 182 Å². The number of benzene rings is 6. The van der Waals surface area contributed by atoms with E-state index in [4.69, 9.17) is 0 Å². The van der Waals surface area contributed by atoms with Crippen LogP contribution >= 0.6 is 0 Å². The number of rotatable bonds is 34. The van der Waals surface area contributed by atoms with Crippen molar-refractivity contribution in [2.75, 3.05) is 26.2 Å². The summed E-state index contributed by atoms with van der Waals surface area (Å²) in [4.78, 5) is 67.6. The molecule has 1 aliphatic carbocycles. The smallest absolute Gasteiger partial charge is 0.261 e. The summed E-state index contributed by atoms with van der Waals surface area (Å²) in [6, 6.07) is 49.9. The first-order valence-corrected chi connectivity index (χ1v) is 36.3. The molecule has 8 nitrogen and oxygen atoms in total. The van der Waals surface area contributed by atoms with E-state index >= 15 is 19.2 Å². The second-order valence-corrected chi connectivity index (χ2v) is 26.5. The van der Waals surface area contributed by atoms with Crippen LogP contribution in [0.1, 0.15) is 204 Å². The molecule has 0 fully saturated rings. The van der Waals surface area contributed by atoms with E-state index in [9.17, 15) is 0 Å². The monoisotopic (exact) mass is 1300 g/mol. The molecule has 1 unspecified atom stereocenters. The van der Waals surface area contributed by atoms with Gasteiger partial charge in [-0.2, -0.15) is 0 Å². The van der Waals surface area contributed by atoms with Crippen LogP contribution in [-0.2, 0) is 19.2 Å². The quantitative estimate of drug-likeness (QED) is 0.0229. The predicted molar refractivity (Wildman–Crippen MR) is 411 cm³/mol. The third kappa shape index (κ3) is 16.2. The SMILES string of the molecule is C=Cc1ccc(/C=C/c2ccc(C3=C4C(=O)N(CCCCCC)C(c5ccc(/C=C/c6ccc(/C=C/c7ccc(C8=C9C(=O)N(CCCCCC)C(c%10ccc(/C=C/C%11=CCC(C=C)C=C%11)cc%10)=C9C(=O)N8CCCCCC)cc7)cc6)cc5)=C4C(=O)N3CCCCCC)cc2)cc1. The van der Waals surface area contributed by atoms with Crippen LogP contribution in [0.25, 0.3) is 71.4 Å². The molecule has 4 amide bonds. The van der Waals surface area contributed by atoms with Crippen LogP contribution in [-0.4, -0.2) is 69.4 Å². The molecule has 8 heteroatoms. The van der Waals surface area contributed by atoms with Crippen molar-refractivity contribution >= 4 is 95.0 Å². The Labute approximate surface area is 583 Å². The van der Waals surface area contributed by atoms with E-state index in [1.54, 1.807) is 0 Å². The molecule has 6 aromatic rings. The zero-order chi connectivity index (χ0) is 68.3. The van der Waals surface area contributed by atoms with Crippen molar-refractivity contribution in [1.29, 1.82) is 0 Å². The normalized spacial score (nSPS) is 16.4. The molecule has 0 bridgehead atoms. The van der Waals surface area contributed by atoms with Crippen molar-refractivity contribution in [3.05, 3.63) is 284 Å². The Balaban J connectivity index is 0.811. The average Bonchev–Trinajstić information content (AvgIpc) is 1.57. The lowest BCUT2D eigenvalue weighted by molar-refractivity contribution is -0.124. The van der Waals surface area contributed by atoms with Gasteiger partial charge in [0.05, 0.1) is 45.1 Å². The first kappa shape index (κ1) is 69.4. The molecule has 0 aromatic heterocycles. The number of fused-ring (bicyclic) bond motifs is 2.